The average molecular weight is 329 g/mol. The second kappa shape index (κ2) is 9.79. The smallest absolute Gasteiger partial charge is 0.249 e. The molecule has 2 atom stereocenters. The van der Waals surface area contributed by atoms with Crippen LogP contribution in [-0.4, -0.2) is 31.3 Å². The van der Waals surface area contributed by atoms with Crippen molar-refractivity contribution in [3.05, 3.63) is 35.4 Å². The lowest BCUT2D eigenvalue weighted by atomic mass is 10.1. The molecule has 0 spiro atoms. The van der Waals surface area contributed by atoms with Gasteiger partial charge in [-0.15, -0.1) is 12.4 Å². The van der Waals surface area contributed by atoms with Crippen LogP contribution in [-0.2, 0) is 27.4 Å². The topological polar surface area (TPSA) is 73.6 Å². The van der Waals surface area contributed by atoms with E-state index in [2.05, 4.69) is 5.32 Å². The molecule has 1 amide bonds. The highest BCUT2D eigenvalue weighted by Crippen LogP contribution is 2.19. The van der Waals surface area contributed by atoms with Gasteiger partial charge in [0.15, 0.2) is 0 Å². The van der Waals surface area contributed by atoms with Crippen LogP contribution >= 0.6 is 12.4 Å². The Morgan fingerprint density at radius 2 is 2.00 bits per heavy atom. The molecule has 124 valence electrons. The van der Waals surface area contributed by atoms with Gasteiger partial charge in [0.2, 0.25) is 5.91 Å². The summed E-state index contributed by atoms with van der Waals surface area (Å²) >= 11 is 0. The number of amides is 1. The third kappa shape index (κ3) is 5.57. The van der Waals surface area contributed by atoms with Crippen LogP contribution in [0.2, 0.25) is 0 Å². The van der Waals surface area contributed by atoms with Gasteiger partial charge in [-0.05, 0) is 30.9 Å². The zero-order valence-corrected chi connectivity index (χ0v) is 13.7. The van der Waals surface area contributed by atoms with E-state index in [9.17, 15) is 4.79 Å². The molecule has 0 radical (unpaired) electrons. The van der Waals surface area contributed by atoms with Crippen molar-refractivity contribution in [3.8, 4) is 0 Å². The Bertz CT molecular complexity index is 453. The third-order valence-corrected chi connectivity index (χ3v) is 3.63. The Morgan fingerprint density at radius 3 is 2.59 bits per heavy atom. The summed E-state index contributed by atoms with van der Waals surface area (Å²) in [5, 5.41) is 2.91. The minimum atomic E-state index is -0.351. The second-order valence-corrected chi connectivity index (χ2v) is 5.23. The summed E-state index contributed by atoms with van der Waals surface area (Å²) in [5.41, 5.74) is 7.75. The molecule has 0 saturated carbocycles. The molecule has 22 heavy (non-hydrogen) atoms. The number of carbonyl (C=O) groups is 1. The van der Waals surface area contributed by atoms with Gasteiger partial charge in [0.25, 0.3) is 0 Å². The standard InChI is InChI=1S/C16H24N2O3.ClH/c1-2-20-11-13-5-3-12(4-6-13)10-18-16(19)15-8-7-14(9-17)21-15;/h3-6,14-15H,2,7-11,17H2,1H3,(H,18,19);1H/t14-,15+;/m1./s1. The first-order valence-electron chi connectivity index (χ1n) is 7.51. The van der Waals surface area contributed by atoms with E-state index >= 15 is 0 Å². The second-order valence-electron chi connectivity index (χ2n) is 5.23. The summed E-state index contributed by atoms with van der Waals surface area (Å²) in [4.78, 5) is 12.0. The molecule has 1 fully saturated rings. The maximum Gasteiger partial charge on any atom is 0.249 e. The monoisotopic (exact) mass is 328 g/mol. The molecule has 3 N–H and O–H groups in total. The highest BCUT2D eigenvalue weighted by atomic mass is 35.5. The largest absolute Gasteiger partial charge is 0.377 e. The summed E-state index contributed by atoms with van der Waals surface area (Å²) in [6, 6.07) is 8.06. The molecule has 0 aromatic heterocycles. The van der Waals surface area contributed by atoms with Gasteiger partial charge in [0.05, 0.1) is 12.7 Å². The molecule has 1 heterocycles. The predicted molar refractivity (Wildman–Crippen MR) is 87.8 cm³/mol. The summed E-state index contributed by atoms with van der Waals surface area (Å²) < 4.78 is 10.9. The zero-order valence-electron chi connectivity index (χ0n) is 12.9. The molecule has 6 heteroatoms. The van der Waals surface area contributed by atoms with Gasteiger partial charge in [-0.25, -0.2) is 0 Å². The minimum Gasteiger partial charge on any atom is -0.377 e. The van der Waals surface area contributed by atoms with Crippen molar-refractivity contribution in [1.29, 1.82) is 0 Å². The Balaban J connectivity index is 0.00000242. The van der Waals surface area contributed by atoms with E-state index in [-0.39, 0.29) is 30.5 Å². The van der Waals surface area contributed by atoms with Crippen LogP contribution in [0, 0.1) is 0 Å². The fourth-order valence-corrected chi connectivity index (χ4v) is 2.35. The quantitative estimate of drug-likeness (QED) is 0.800. The number of nitrogens with one attached hydrogen (secondary N) is 1. The van der Waals surface area contributed by atoms with Crippen LogP contribution in [0.4, 0.5) is 0 Å². The Kier molecular flexibility index (Phi) is 8.42. The van der Waals surface area contributed by atoms with Gasteiger partial charge < -0.3 is 20.5 Å². The van der Waals surface area contributed by atoms with Crippen LogP contribution in [0.3, 0.4) is 0 Å². The van der Waals surface area contributed by atoms with Crippen LogP contribution in [0.15, 0.2) is 24.3 Å². The van der Waals surface area contributed by atoms with Crippen LogP contribution in [0.1, 0.15) is 30.9 Å². The molecule has 1 aliphatic rings. The van der Waals surface area contributed by atoms with Crippen molar-refractivity contribution in [2.45, 2.75) is 45.1 Å². The van der Waals surface area contributed by atoms with Crippen molar-refractivity contribution < 1.29 is 14.3 Å². The number of benzene rings is 1. The lowest BCUT2D eigenvalue weighted by Gasteiger charge is -2.13. The van der Waals surface area contributed by atoms with E-state index in [1.54, 1.807) is 0 Å². The number of carbonyl (C=O) groups excluding carboxylic acids is 1. The number of ether oxygens (including phenoxy) is 2. The van der Waals surface area contributed by atoms with E-state index in [4.69, 9.17) is 15.2 Å². The van der Waals surface area contributed by atoms with Crippen molar-refractivity contribution in [2.75, 3.05) is 13.2 Å². The molecular weight excluding hydrogens is 304 g/mol. The molecule has 1 saturated heterocycles. The van der Waals surface area contributed by atoms with E-state index < -0.39 is 0 Å². The zero-order chi connectivity index (χ0) is 15.1. The van der Waals surface area contributed by atoms with Gasteiger partial charge in [-0.3, -0.25) is 4.79 Å². The Morgan fingerprint density at radius 1 is 1.32 bits per heavy atom. The van der Waals surface area contributed by atoms with Gasteiger partial charge >= 0.3 is 0 Å². The van der Waals surface area contributed by atoms with E-state index in [1.807, 2.05) is 31.2 Å². The maximum absolute atomic E-state index is 12.0. The molecule has 2 rings (SSSR count). The normalized spacial score (nSPS) is 20.5. The van der Waals surface area contributed by atoms with Gasteiger partial charge in [-0.2, -0.15) is 0 Å². The molecule has 1 aliphatic heterocycles. The van der Waals surface area contributed by atoms with Crippen LogP contribution in [0.25, 0.3) is 0 Å². The molecule has 1 aromatic rings. The fourth-order valence-electron chi connectivity index (χ4n) is 2.35. The number of rotatable bonds is 7. The van der Waals surface area contributed by atoms with Crippen molar-refractivity contribution in [3.63, 3.8) is 0 Å². The van der Waals surface area contributed by atoms with Crippen LogP contribution < -0.4 is 11.1 Å². The SMILES string of the molecule is CCOCc1ccc(CNC(=O)[C@@H]2CC[C@H](CN)O2)cc1.Cl. The first kappa shape index (κ1) is 18.9. The van der Waals surface area contributed by atoms with Crippen LogP contribution in [0.5, 0.6) is 0 Å². The number of hydrogen-bond donors (Lipinski definition) is 2. The highest BCUT2D eigenvalue weighted by Gasteiger charge is 2.29. The summed E-state index contributed by atoms with van der Waals surface area (Å²) in [6.07, 6.45) is 1.29. The minimum absolute atomic E-state index is 0. The van der Waals surface area contributed by atoms with E-state index in [0.717, 1.165) is 24.0 Å². The fraction of sp³-hybridized carbons (Fsp3) is 0.562. The Hall–Kier alpha value is -1.14. The van der Waals surface area contributed by atoms with Crippen molar-refractivity contribution >= 4 is 18.3 Å². The molecule has 1 aromatic carbocycles. The van der Waals surface area contributed by atoms with Gasteiger partial charge in [-0.1, -0.05) is 24.3 Å². The molecule has 0 unspecified atom stereocenters. The molecule has 0 aliphatic carbocycles. The van der Waals surface area contributed by atoms with Gasteiger partial charge in [0.1, 0.15) is 6.10 Å². The van der Waals surface area contributed by atoms with Gasteiger partial charge in [0, 0.05) is 19.7 Å². The number of hydrogen-bond acceptors (Lipinski definition) is 4. The molecule has 0 bridgehead atoms. The third-order valence-electron chi connectivity index (χ3n) is 3.63. The molecule has 5 nitrogen and oxygen atoms in total. The van der Waals surface area contributed by atoms with Crippen molar-refractivity contribution in [2.24, 2.45) is 5.73 Å². The summed E-state index contributed by atoms with van der Waals surface area (Å²) in [7, 11) is 0. The van der Waals surface area contributed by atoms with Crippen molar-refractivity contribution in [1.82, 2.24) is 5.32 Å². The lowest BCUT2D eigenvalue weighted by molar-refractivity contribution is -0.132. The Labute approximate surface area is 138 Å². The first-order chi connectivity index (χ1) is 10.2. The summed E-state index contributed by atoms with van der Waals surface area (Å²) in [6.45, 7) is 4.30. The maximum atomic E-state index is 12.0. The number of halogens is 1. The lowest BCUT2D eigenvalue weighted by Crippen LogP contribution is -2.35. The summed E-state index contributed by atoms with van der Waals surface area (Å²) in [5.74, 6) is -0.0515. The predicted octanol–water partition coefficient (Wildman–Crippen LogP) is 1.77. The van der Waals surface area contributed by atoms with E-state index in [0.29, 0.717) is 26.3 Å². The average Bonchev–Trinajstić information content (AvgIpc) is 3.00. The number of nitrogens with two attached hydrogens (primary N) is 1. The van der Waals surface area contributed by atoms with E-state index in [1.165, 1.54) is 0 Å². The highest BCUT2D eigenvalue weighted by molar-refractivity contribution is 5.85. The first-order valence-corrected chi connectivity index (χ1v) is 7.51. The molecular formula is C16H25ClN2O3.